The summed E-state index contributed by atoms with van der Waals surface area (Å²) in [5.41, 5.74) is 0.791. The molecule has 0 unspecified atom stereocenters. The summed E-state index contributed by atoms with van der Waals surface area (Å²) in [4.78, 5) is 4.11. The van der Waals surface area contributed by atoms with Crippen molar-refractivity contribution in [1.29, 1.82) is 0 Å². The van der Waals surface area contributed by atoms with E-state index in [4.69, 9.17) is 0 Å². The van der Waals surface area contributed by atoms with E-state index in [0.29, 0.717) is 32.0 Å². The zero-order valence-electron chi connectivity index (χ0n) is 13.2. The molecule has 9 nitrogen and oxygen atoms in total. The third-order valence-corrected chi connectivity index (χ3v) is 3.76. The Bertz CT molecular complexity index is 769. The topological polar surface area (TPSA) is 113 Å². The van der Waals surface area contributed by atoms with Crippen molar-refractivity contribution < 1.29 is 8.42 Å². The minimum Gasteiger partial charge on any atom is -0.356 e. The van der Waals surface area contributed by atoms with Crippen LogP contribution in [0.25, 0.3) is 5.65 Å². The molecule has 10 heteroatoms. The summed E-state index contributed by atoms with van der Waals surface area (Å²) < 4.78 is 26.2. The van der Waals surface area contributed by atoms with Crippen LogP contribution in [0.5, 0.6) is 0 Å². The van der Waals surface area contributed by atoms with Gasteiger partial charge in [-0.1, -0.05) is 6.07 Å². The Morgan fingerprint density at radius 2 is 2.09 bits per heavy atom. The maximum Gasteiger partial charge on any atom is 0.208 e. The van der Waals surface area contributed by atoms with Gasteiger partial charge < -0.3 is 10.6 Å². The Kier molecular flexibility index (Phi) is 5.88. The van der Waals surface area contributed by atoms with Gasteiger partial charge in [0.2, 0.25) is 10.0 Å². The number of rotatable bonds is 7. The van der Waals surface area contributed by atoms with Crippen molar-refractivity contribution in [2.75, 3.05) is 26.4 Å². The fourth-order valence-electron chi connectivity index (χ4n) is 1.95. The number of nitrogens with zero attached hydrogens (tertiary/aromatic N) is 4. The fourth-order valence-corrected chi connectivity index (χ4v) is 2.46. The third-order valence-electron chi connectivity index (χ3n) is 3.03. The first kappa shape index (κ1) is 17.2. The monoisotopic (exact) mass is 339 g/mol. The van der Waals surface area contributed by atoms with E-state index in [1.54, 1.807) is 7.05 Å². The van der Waals surface area contributed by atoms with Crippen LogP contribution in [-0.2, 0) is 16.6 Å². The zero-order valence-corrected chi connectivity index (χ0v) is 14.0. The van der Waals surface area contributed by atoms with Crippen LogP contribution in [0.2, 0.25) is 0 Å². The van der Waals surface area contributed by atoms with Gasteiger partial charge in [-0.05, 0) is 18.6 Å². The lowest BCUT2D eigenvalue weighted by Crippen LogP contribution is -2.38. The van der Waals surface area contributed by atoms with Gasteiger partial charge in [0, 0.05) is 26.3 Å². The van der Waals surface area contributed by atoms with Gasteiger partial charge in [-0.2, -0.15) is 0 Å². The van der Waals surface area contributed by atoms with E-state index in [-0.39, 0.29) is 0 Å². The first-order valence-corrected chi connectivity index (χ1v) is 9.06. The zero-order chi connectivity index (χ0) is 16.7. The minimum atomic E-state index is -3.13. The highest BCUT2D eigenvalue weighted by molar-refractivity contribution is 7.88. The molecule has 0 saturated heterocycles. The molecule has 0 aromatic carbocycles. The Hall–Kier alpha value is -2.20. The Morgan fingerprint density at radius 3 is 2.83 bits per heavy atom. The van der Waals surface area contributed by atoms with Crippen LogP contribution in [0.3, 0.4) is 0 Å². The SMILES string of the molecule is CN=C(NCCCNS(C)(=O)=O)NCc1nnc2ccccn12. The molecular formula is C13H21N7O2S. The summed E-state index contributed by atoms with van der Waals surface area (Å²) in [6.45, 7) is 1.47. The van der Waals surface area contributed by atoms with Crippen LogP contribution in [-0.4, -0.2) is 55.4 Å². The minimum absolute atomic E-state index is 0.387. The molecule has 2 aromatic rings. The molecule has 0 fully saturated rings. The fraction of sp³-hybridized carbons (Fsp3) is 0.462. The summed E-state index contributed by atoms with van der Waals surface area (Å²) in [7, 11) is -1.46. The number of pyridine rings is 1. The summed E-state index contributed by atoms with van der Waals surface area (Å²) >= 11 is 0. The molecule has 126 valence electrons. The van der Waals surface area contributed by atoms with Crippen LogP contribution in [0, 0.1) is 0 Å². The number of fused-ring (bicyclic) bond motifs is 1. The molecule has 0 aliphatic carbocycles. The van der Waals surface area contributed by atoms with E-state index in [1.165, 1.54) is 0 Å². The number of guanidine groups is 1. The molecular weight excluding hydrogens is 318 g/mol. The molecule has 0 spiro atoms. The van der Waals surface area contributed by atoms with E-state index in [1.807, 2.05) is 28.8 Å². The van der Waals surface area contributed by atoms with Crippen molar-refractivity contribution in [3.8, 4) is 0 Å². The standard InChI is InChI=1S/C13H21N7O2S/c1-14-13(15-7-5-8-17-23(2,21)22)16-10-12-19-18-11-6-3-4-9-20(11)12/h3-4,6,9,17H,5,7-8,10H2,1-2H3,(H2,14,15,16). The number of hydrogen-bond acceptors (Lipinski definition) is 5. The maximum atomic E-state index is 10.9. The predicted octanol–water partition coefficient (Wildman–Crippen LogP) is -0.666. The highest BCUT2D eigenvalue weighted by Gasteiger charge is 2.05. The second-order valence-corrected chi connectivity index (χ2v) is 6.75. The number of aromatic nitrogens is 3. The van der Waals surface area contributed by atoms with Crippen LogP contribution in [0.4, 0.5) is 0 Å². The molecule has 0 aliphatic heterocycles. The summed E-state index contributed by atoms with van der Waals surface area (Å²) in [5, 5.41) is 14.5. The molecule has 0 atom stereocenters. The molecule has 0 saturated carbocycles. The quantitative estimate of drug-likeness (QED) is 0.350. The van der Waals surface area contributed by atoms with Gasteiger partial charge in [0.05, 0.1) is 12.8 Å². The highest BCUT2D eigenvalue weighted by Crippen LogP contribution is 2.01. The number of sulfonamides is 1. The van der Waals surface area contributed by atoms with Gasteiger partial charge in [0.15, 0.2) is 17.4 Å². The highest BCUT2D eigenvalue weighted by atomic mass is 32.2. The average Bonchev–Trinajstić information content (AvgIpc) is 2.92. The average molecular weight is 339 g/mol. The van der Waals surface area contributed by atoms with Crippen LogP contribution < -0.4 is 15.4 Å². The van der Waals surface area contributed by atoms with Crippen molar-refractivity contribution in [3.63, 3.8) is 0 Å². The molecule has 0 amide bonds. The van der Waals surface area contributed by atoms with Crippen molar-refractivity contribution in [2.45, 2.75) is 13.0 Å². The lowest BCUT2D eigenvalue weighted by Gasteiger charge is -2.11. The van der Waals surface area contributed by atoms with Crippen LogP contribution >= 0.6 is 0 Å². The van der Waals surface area contributed by atoms with Gasteiger partial charge in [-0.15, -0.1) is 10.2 Å². The Balaban J connectivity index is 1.77. The van der Waals surface area contributed by atoms with E-state index in [2.05, 4.69) is 30.5 Å². The molecule has 0 radical (unpaired) electrons. The second kappa shape index (κ2) is 7.88. The molecule has 0 bridgehead atoms. The van der Waals surface area contributed by atoms with Crippen LogP contribution in [0.15, 0.2) is 29.4 Å². The smallest absolute Gasteiger partial charge is 0.208 e. The number of aliphatic imine (C=N–C) groups is 1. The molecule has 0 aliphatic rings. The van der Waals surface area contributed by atoms with Crippen molar-refractivity contribution in [3.05, 3.63) is 30.2 Å². The molecule has 3 N–H and O–H groups in total. The summed E-state index contributed by atoms with van der Waals surface area (Å²) in [5.74, 6) is 1.40. The summed E-state index contributed by atoms with van der Waals surface area (Å²) in [6, 6.07) is 5.71. The number of nitrogens with one attached hydrogen (secondary N) is 3. The molecule has 2 rings (SSSR count). The predicted molar refractivity (Wildman–Crippen MR) is 88.7 cm³/mol. The van der Waals surface area contributed by atoms with E-state index >= 15 is 0 Å². The first-order valence-electron chi connectivity index (χ1n) is 7.17. The lowest BCUT2D eigenvalue weighted by atomic mass is 10.4. The van der Waals surface area contributed by atoms with Gasteiger partial charge in [0.1, 0.15) is 0 Å². The molecule has 2 heterocycles. The molecule has 23 heavy (non-hydrogen) atoms. The lowest BCUT2D eigenvalue weighted by molar-refractivity contribution is 0.584. The number of hydrogen-bond donors (Lipinski definition) is 3. The van der Waals surface area contributed by atoms with Gasteiger partial charge in [-0.25, -0.2) is 13.1 Å². The van der Waals surface area contributed by atoms with Gasteiger partial charge in [-0.3, -0.25) is 9.39 Å². The summed E-state index contributed by atoms with van der Waals surface area (Å²) in [6.07, 6.45) is 3.70. The Morgan fingerprint density at radius 1 is 1.26 bits per heavy atom. The third kappa shape index (κ3) is 5.49. The van der Waals surface area contributed by atoms with E-state index in [9.17, 15) is 8.42 Å². The van der Waals surface area contributed by atoms with Gasteiger partial charge >= 0.3 is 0 Å². The Labute approximate surface area is 135 Å². The van der Waals surface area contributed by atoms with Crippen LogP contribution in [0.1, 0.15) is 12.2 Å². The van der Waals surface area contributed by atoms with E-state index in [0.717, 1.165) is 17.7 Å². The van der Waals surface area contributed by atoms with Gasteiger partial charge in [0.25, 0.3) is 0 Å². The second-order valence-electron chi connectivity index (χ2n) is 4.92. The van der Waals surface area contributed by atoms with Crippen molar-refractivity contribution in [2.24, 2.45) is 4.99 Å². The normalized spacial score (nSPS) is 12.5. The largest absolute Gasteiger partial charge is 0.356 e. The first-order chi connectivity index (χ1) is 11.0. The molecule has 2 aromatic heterocycles. The van der Waals surface area contributed by atoms with Crippen molar-refractivity contribution in [1.82, 2.24) is 30.0 Å². The van der Waals surface area contributed by atoms with E-state index < -0.39 is 10.0 Å². The maximum absolute atomic E-state index is 10.9. The van der Waals surface area contributed by atoms with Crippen molar-refractivity contribution >= 4 is 21.6 Å².